The molecule has 0 aromatic carbocycles. The Labute approximate surface area is 101 Å². The number of hydrogen-bond donors (Lipinski definition) is 2. The summed E-state index contributed by atoms with van der Waals surface area (Å²) in [6, 6.07) is 0. The van der Waals surface area contributed by atoms with Crippen LogP contribution in [0.2, 0.25) is 0 Å². The van der Waals surface area contributed by atoms with Crippen LogP contribution in [0.4, 0.5) is 0 Å². The molecule has 4 N–H and O–H groups in total. The van der Waals surface area contributed by atoms with E-state index >= 15 is 0 Å². The molecular formula is C9H18N4O3S. The van der Waals surface area contributed by atoms with Crippen molar-refractivity contribution in [2.75, 3.05) is 32.7 Å². The van der Waals surface area contributed by atoms with Gasteiger partial charge in [0.15, 0.2) is 0 Å². The van der Waals surface area contributed by atoms with E-state index in [1.165, 1.54) is 4.31 Å². The van der Waals surface area contributed by atoms with Gasteiger partial charge in [-0.15, -0.1) is 0 Å². The summed E-state index contributed by atoms with van der Waals surface area (Å²) >= 11 is 0. The lowest BCUT2D eigenvalue weighted by Crippen LogP contribution is -2.54. The van der Waals surface area contributed by atoms with Gasteiger partial charge in [0, 0.05) is 32.7 Å². The first-order valence-electron chi connectivity index (χ1n) is 5.66. The van der Waals surface area contributed by atoms with Crippen molar-refractivity contribution >= 4 is 16.1 Å². The van der Waals surface area contributed by atoms with Crippen LogP contribution in [0.5, 0.6) is 0 Å². The Morgan fingerprint density at radius 1 is 1.18 bits per heavy atom. The molecule has 1 aliphatic heterocycles. The molecule has 0 aromatic rings. The average Bonchev–Trinajstić information content (AvgIpc) is 3.08. The van der Waals surface area contributed by atoms with Gasteiger partial charge in [-0.1, -0.05) is 0 Å². The summed E-state index contributed by atoms with van der Waals surface area (Å²) < 4.78 is 23.4. The second-order valence-electron chi connectivity index (χ2n) is 4.72. The van der Waals surface area contributed by atoms with Gasteiger partial charge in [-0.25, -0.2) is 5.14 Å². The summed E-state index contributed by atoms with van der Waals surface area (Å²) in [5.41, 5.74) is 5.24. The van der Waals surface area contributed by atoms with Gasteiger partial charge in [0.05, 0.1) is 5.41 Å². The van der Waals surface area contributed by atoms with E-state index in [0.29, 0.717) is 19.6 Å². The Hall–Kier alpha value is -0.700. The lowest BCUT2D eigenvalue weighted by Gasteiger charge is -2.34. The highest BCUT2D eigenvalue weighted by molar-refractivity contribution is 7.86. The Balaban J connectivity index is 1.94. The second-order valence-corrected chi connectivity index (χ2v) is 6.27. The lowest BCUT2D eigenvalue weighted by atomic mass is 10.1. The third kappa shape index (κ3) is 2.44. The Kier molecular flexibility index (Phi) is 3.15. The highest BCUT2D eigenvalue weighted by Crippen LogP contribution is 2.46. The third-order valence-electron chi connectivity index (χ3n) is 3.58. The zero-order chi connectivity index (χ0) is 12.7. The molecule has 0 radical (unpaired) electrons. The molecule has 7 nitrogen and oxygen atoms in total. The molecule has 2 aliphatic rings. The summed E-state index contributed by atoms with van der Waals surface area (Å²) in [6.07, 6.45) is 1.69. The fourth-order valence-electron chi connectivity index (χ4n) is 2.14. The monoisotopic (exact) mass is 262 g/mol. The quantitative estimate of drug-likeness (QED) is 0.617. The third-order valence-corrected chi connectivity index (χ3v) is 4.67. The van der Waals surface area contributed by atoms with E-state index in [-0.39, 0.29) is 24.4 Å². The van der Waals surface area contributed by atoms with Crippen LogP contribution in [0.3, 0.4) is 0 Å². The maximum Gasteiger partial charge on any atom is 0.277 e. The fraction of sp³-hybridized carbons (Fsp3) is 0.889. The first-order chi connectivity index (χ1) is 7.89. The normalized spacial score (nSPS) is 24.7. The smallest absolute Gasteiger partial charge is 0.277 e. The maximum atomic E-state index is 12.1. The van der Waals surface area contributed by atoms with Crippen molar-refractivity contribution in [2.24, 2.45) is 16.3 Å². The molecule has 0 spiro atoms. The molecule has 1 amide bonds. The molecule has 17 heavy (non-hydrogen) atoms. The topological polar surface area (TPSA) is 110 Å². The van der Waals surface area contributed by atoms with Crippen molar-refractivity contribution < 1.29 is 13.2 Å². The van der Waals surface area contributed by atoms with Crippen molar-refractivity contribution in [1.82, 2.24) is 9.21 Å². The van der Waals surface area contributed by atoms with Gasteiger partial charge >= 0.3 is 0 Å². The minimum Gasteiger partial charge on any atom is -0.340 e. The molecule has 1 saturated carbocycles. The Morgan fingerprint density at radius 3 is 2.06 bits per heavy atom. The predicted molar refractivity (Wildman–Crippen MR) is 62.0 cm³/mol. The number of carbonyl (C=O) groups excluding carboxylic acids is 1. The van der Waals surface area contributed by atoms with Crippen molar-refractivity contribution in [3.63, 3.8) is 0 Å². The minimum absolute atomic E-state index is 0.0640. The lowest BCUT2D eigenvalue weighted by molar-refractivity contribution is -0.137. The van der Waals surface area contributed by atoms with Crippen LogP contribution >= 0.6 is 0 Å². The first-order valence-corrected chi connectivity index (χ1v) is 7.17. The van der Waals surface area contributed by atoms with Gasteiger partial charge < -0.3 is 10.6 Å². The number of carbonyl (C=O) groups is 1. The SMILES string of the molecule is NCC1(C(=O)N2CCN(S(N)(=O)=O)CC2)CC1. The van der Waals surface area contributed by atoms with E-state index in [9.17, 15) is 13.2 Å². The highest BCUT2D eigenvalue weighted by Gasteiger charge is 2.50. The van der Waals surface area contributed by atoms with Crippen molar-refractivity contribution in [3.05, 3.63) is 0 Å². The van der Waals surface area contributed by atoms with E-state index in [1.54, 1.807) is 4.90 Å². The van der Waals surface area contributed by atoms with Gasteiger partial charge in [-0.2, -0.15) is 12.7 Å². The molecule has 1 saturated heterocycles. The Morgan fingerprint density at radius 2 is 1.71 bits per heavy atom. The van der Waals surface area contributed by atoms with Gasteiger partial charge in [0.1, 0.15) is 0 Å². The number of nitrogens with zero attached hydrogens (tertiary/aromatic N) is 2. The van der Waals surface area contributed by atoms with Crippen molar-refractivity contribution in [1.29, 1.82) is 0 Å². The molecule has 0 aromatic heterocycles. The maximum absolute atomic E-state index is 12.1. The Bertz CT molecular complexity index is 410. The van der Waals surface area contributed by atoms with Gasteiger partial charge in [0.2, 0.25) is 5.91 Å². The van der Waals surface area contributed by atoms with Crippen LogP contribution in [0, 0.1) is 5.41 Å². The average molecular weight is 262 g/mol. The molecule has 2 fully saturated rings. The number of nitrogens with two attached hydrogens (primary N) is 2. The zero-order valence-electron chi connectivity index (χ0n) is 9.63. The summed E-state index contributed by atoms with van der Waals surface area (Å²) in [4.78, 5) is 13.8. The van der Waals surface area contributed by atoms with Crippen LogP contribution in [-0.2, 0) is 15.0 Å². The molecule has 0 unspecified atom stereocenters. The number of rotatable bonds is 3. The van der Waals surface area contributed by atoms with Gasteiger partial charge in [0.25, 0.3) is 10.2 Å². The molecule has 98 valence electrons. The van der Waals surface area contributed by atoms with Crippen LogP contribution in [0.15, 0.2) is 0 Å². The summed E-state index contributed by atoms with van der Waals surface area (Å²) in [5.74, 6) is 0.0640. The van der Waals surface area contributed by atoms with Crippen LogP contribution in [0.1, 0.15) is 12.8 Å². The minimum atomic E-state index is -3.63. The molecule has 1 aliphatic carbocycles. The highest BCUT2D eigenvalue weighted by atomic mass is 32.2. The summed E-state index contributed by atoms with van der Waals surface area (Å²) in [5, 5.41) is 5.03. The standard InChI is InChI=1S/C9H18N4O3S/c10-7-9(1-2-9)8(14)12-3-5-13(6-4-12)17(11,15)16/h1-7,10H2,(H2,11,15,16). The largest absolute Gasteiger partial charge is 0.340 e. The molecular weight excluding hydrogens is 244 g/mol. The van der Waals surface area contributed by atoms with Gasteiger partial charge in [-0.05, 0) is 12.8 Å². The van der Waals surface area contributed by atoms with Gasteiger partial charge in [-0.3, -0.25) is 4.79 Å². The second kappa shape index (κ2) is 4.20. The van der Waals surface area contributed by atoms with Crippen molar-refractivity contribution in [2.45, 2.75) is 12.8 Å². The fourth-order valence-corrected chi connectivity index (χ4v) is 2.81. The summed E-state index contributed by atoms with van der Waals surface area (Å²) in [6.45, 7) is 1.71. The molecule has 0 bridgehead atoms. The molecule has 2 rings (SSSR count). The van der Waals surface area contributed by atoms with Crippen LogP contribution in [0.25, 0.3) is 0 Å². The van der Waals surface area contributed by atoms with E-state index in [1.807, 2.05) is 0 Å². The van der Waals surface area contributed by atoms with E-state index in [2.05, 4.69) is 0 Å². The molecule has 0 atom stereocenters. The number of piperazine rings is 1. The van der Waals surface area contributed by atoms with Crippen LogP contribution < -0.4 is 10.9 Å². The first kappa shape index (κ1) is 12.7. The van der Waals surface area contributed by atoms with Crippen LogP contribution in [-0.4, -0.2) is 56.3 Å². The molecule has 1 heterocycles. The predicted octanol–water partition coefficient (Wildman–Crippen LogP) is -1.93. The summed E-state index contributed by atoms with van der Waals surface area (Å²) in [7, 11) is -3.63. The van der Waals surface area contributed by atoms with E-state index in [0.717, 1.165) is 12.8 Å². The van der Waals surface area contributed by atoms with Crippen molar-refractivity contribution in [3.8, 4) is 0 Å². The van der Waals surface area contributed by atoms with E-state index < -0.39 is 10.2 Å². The zero-order valence-corrected chi connectivity index (χ0v) is 10.4. The number of amides is 1. The van der Waals surface area contributed by atoms with E-state index in [4.69, 9.17) is 10.9 Å². The molecule has 8 heteroatoms. The number of hydrogen-bond acceptors (Lipinski definition) is 4.